The number of carbonyl (C=O) groups is 2. The summed E-state index contributed by atoms with van der Waals surface area (Å²) >= 11 is 0. The van der Waals surface area contributed by atoms with E-state index in [1.54, 1.807) is 13.8 Å². The van der Waals surface area contributed by atoms with E-state index in [0.717, 1.165) is 18.2 Å². The summed E-state index contributed by atoms with van der Waals surface area (Å²) in [7, 11) is 0. The third-order valence-electron chi connectivity index (χ3n) is 3.20. The highest BCUT2D eigenvalue weighted by molar-refractivity contribution is 6.07. The lowest BCUT2D eigenvalue weighted by atomic mass is 10.1. The van der Waals surface area contributed by atoms with Gasteiger partial charge in [0, 0.05) is 6.08 Å². The lowest BCUT2D eigenvalue weighted by Crippen LogP contribution is -2.28. The van der Waals surface area contributed by atoms with Gasteiger partial charge in [0.15, 0.2) is 6.10 Å². The van der Waals surface area contributed by atoms with E-state index in [1.807, 2.05) is 0 Å². The number of rotatable bonds is 3. The molecule has 2 amide bonds. The maximum atomic E-state index is 12.4. The van der Waals surface area contributed by atoms with Crippen molar-refractivity contribution in [3.05, 3.63) is 41.5 Å². The van der Waals surface area contributed by atoms with Crippen LogP contribution in [0.1, 0.15) is 25.0 Å². The first kappa shape index (κ1) is 17.7. The predicted octanol–water partition coefficient (Wildman–Crippen LogP) is 2.77. The number of ether oxygens (including phenoxy) is 1. The third-order valence-corrected chi connectivity index (χ3v) is 3.20. The van der Waals surface area contributed by atoms with Gasteiger partial charge in [0.05, 0.1) is 5.56 Å². The molecule has 8 heteroatoms. The van der Waals surface area contributed by atoms with Gasteiger partial charge < -0.3 is 4.74 Å². The molecule has 5 nitrogen and oxygen atoms in total. The largest absolute Gasteiger partial charge is 0.451 e. The molecule has 0 spiro atoms. The lowest BCUT2D eigenvalue weighted by molar-refractivity contribution is -0.137. The Morgan fingerprint density at radius 3 is 2.42 bits per heavy atom. The number of amidine groups is 1. The van der Waals surface area contributed by atoms with Gasteiger partial charge in [-0.25, -0.2) is 0 Å². The Balaban J connectivity index is 2.01. The number of aliphatic imine (C=N–C) groups is 1. The summed E-state index contributed by atoms with van der Waals surface area (Å²) in [5, 5.41) is 2.35. The van der Waals surface area contributed by atoms with Crippen LogP contribution in [0.4, 0.5) is 13.2 Å². The average molecular weight is 340 g/mol. The Morgan fingerprint density at radius 1 is 1.29 bits per heavy atom. The number of nitrogens with zero attached hydrogens (tertiary/aromatic N) is 1. The molecular formula is C16H15F3N2O3. The van der Waals surface area contributed by atoms with Crippen LogP contribution < -0.4 is 5.32 Å². The van der Waals surface area contributed by atoms with E-state index in [0.29, 0.717) is 5.56 Å². The van der Waals surface area contributed by atoms with E-state index < -0.39 is 23.8 Å². The molecule has 1 aromatic carbocycles. The topological polar surface area (TPSA) is 67.8 Å². The molecule has 1 heterocycles. The fraction of sp³-hybridized carbons (Fsp3) is 0.312. The fourth-order valence-electron chi connectivity index (χ4n) is 1.96. The van der Waals surface area contributed by atoms with Crippen molar-refractivity contribution < 1.29 is 27.5 Å². The highest BCUT2D eigenvalue weighted by Crippen LogP contribution is 2.29. The van der Waals surface area contributed by atoms with Crippen molar-refractivity contribution >= 4 is 23.9 Å². The highest BCUT2D eigenvalue weighted by atomic mass is 19.4. The minimum absolute atomic E-state index is 0.0736. The van der Waals surface area contributed by atoms with E-state index in [4.69, 9.17) is 4.74 Å². The Kier molecular flexibility index (Phi) is 5.06. The van der Waals surface area contributed by atoms with Crippen LogP contribution in [0, 0.1) is 5.92 Å². The van der Waals surface area contributed by atoms with Crippen molar-refractivity contribution in [1.29, 1.82) is 0 Å². The van der Waals surface area contributed by atoms with Crippen molar-refractivity contribution in [2.45, 2.75) is 26.1 Å². The van der Waals surface area contributed by atoms with E-state index in [-0.39, 0.29) is 17.8 Å². The number of halogens is 3. The summed E-state index contributed by atoms with van der Waals surface area (Å²) in [6, 6.07) is 4.14. The molecule has 0 aromatic heterocycles. The van der Waals surface area contributed by atoms with Crippen LogP contribution in [0.5, 0.6) is 0 Å². The maximum absolute atomic E-state index is 12.4. The molecule has 1 aliphatic rings. The number of hydrogen-bond acceptors (Lipinski definition) is 3. The van der Waals surface area contributed by atoms with Crippen LogP contribution in [0.25, 0.3) is 6.08 Å². The molecule has 2 rings (SSSR count). The van der Waals surface area contributed by atoms with Crippen LogP contribution >= 0.6 is 0 Å². The van der Waals surface area contributed by atoms with E-state index in [1.165, 1.54) is 18.2 Å². The van der Waals surface area contributed by atoms with Crippen LogP contribution in [-0.4, -0.2) is 23.9 Å². The molecule has 1 N–H and O–H groups in total. The van der Waals surface area contributed by atoms with Gasteiger partial charge >= 0.3 is 12.2 Å². The zero-order chi connectivity index (χ0) is 17.9. The molecular weight excluding hydrogens is 325 g/mol. The van der Waals surface area contributed by atoms with Crippen molar-refractivity contribution in [3.8, 4) is 0 Å². The Morgan fingerprint density at radius 2 is 1.92 bits per heavy atom. The molecule has 0 bridgehead atoms. The average Bonchev–Trinajstić information content (AvgIpc) is 2.85. The van der Waals surface area contributed by atoms with Gasteiger partial charge in [-0.2, -0.15) is 18.2 Å². The normalized spacial score (nSPS) is 19.8. The predicted molar refractivity (Wildman–Crippen MR) is 80.8 cm³/mol. The van der Waals surface area contributed by atoms with Gasteiger partial charge in [0.2, 0.25) is 0 Å². The lowest BCUT2D eigenvalue weighted by Gasteiger charge is -2.09. The summed E-state index contributed by atoms with van der Waals surface area (Å²) in [6.45, 7) is 3.58. The molecule has 24 heavy (non-hydrogen) atoms. The van der Waals surface area contributed by atoms with Crippen LogP contribution in [0.3, 0.4) is 0 Å². The number of carbonyl (C=O) groups excluding carboxylic acids is 2. The number of amides is 2. The van der Waals surface area contributed by atoms with Gasteiger partial charge in [0.1, 0.15) is 0 Å². The fourth-order valence-corrected chi connectivity index (χ4v) is 1.96. The Hall–Kier alpha value is -2.64. The first-order valence-electron chi connectivity index (χ1n) is 7.12. The molecule has 0 aliphatic carbocycles. The van der Waals surface area contributed by atoms with E-state index in [9.17, 15) is 22.8 Å². The summed E-state index contributed by atoms with van der Waals surface area (Å²) in [6.07, 6.45) is -2.71. The molecule has 1 fully saturated rings. The van der Waals surface area contributed by atoms with E-state index in [2.05, 4.69) is 10.3 Å². The number of hydrogen-bond donors (Lipinski definition) is 1. The van der Waals surface area contributed by atoms with Crippen molar-refractivity contribution in [2.24, 2.45) is 10.9 Å². The molecule has 128 valence electrons. The third kappa shape index (κ3) is 4.43. The van der Waals surface area contributed by atoms with Gasteiger partial charge in [-0.15, -0.1) is 0 Å². The summed E-state index contributed by atoms with van der Waals surface area (Å²) < 4.78 is 42.5. The summed E-state index contributed by atoms with van der Waals surface area (Å²) in [4.78, 5) is 26.8. The second-order valence-corrected chi connectivity index (χ2v) is 5.48. The number of alkyl halides is 3. The SMILES string of the molecule is CC(C)C1OC(=NC(=O)C=Cc2ccc(C(F)(F)F)cc2)NC1=O. The zero-order valence-electron chi connectivity index (χ0n) is 12.9. The quantitative estimate of drug-likeness (QED) is 0.861. The van der Waals surface area contributed by atoms with Crippen molar-refractivity contribution in [2.75, 3.05) is 0 Å². The van der Waals surface area contributed by atoms with E-state index >= 15 is 0 Å². The second kappa shape index (κ2) is 6.86. The molecule has 1 saturated heterocycles. The zero-order valence-corrected chi connectivity index (χ0v) is 12.9. The second-order valence-electron chi connectivity index (χ2n) is 5.48. The molecule has 1 unspecified atom stereocenters. The molecule has 0 saturated carbocycles. The minimum Gasteiger partial charge on any atom is -0.451 e. The van der Waals surface area contributed by atoms with Crippen LogP contribution in [0.15, 0.2) is 35.3 Å². The standard InChI is InChI=1S/C16H15F3N2O3/c1-9(2)13-14(23)21-15(24-13)20-12(22)8-5-10-3-6-11(7-4-10)16(17,18)19/h3-9,13H,1-2H3,(H,20,21,22,23). The molecule has 0 radical (unpaired) electrons. The number of nitrogens with one attached hydrogen (secondary N) is 1. The smallest absolute Gasteiger partial charge is 0.416 e. The van der Waals surface area contributed by atoms with Gasteiger partial charge in [0.25, 0.3) is 11.8 Å². The summed E-state index contributed by atoms with van der Waals surface area (Å²) in [5.74, 6) is -1.15. The van der Waals surface area contributed by atoms with Crippen molar-refractivity contribution in [1.82, 2.24) is 5.32 Å². The first-order valence-corrected chi connectivity index (χ1v) is 7.12. The first-order chi connectivity index (χ1) is 11.2. The van der Waals surface area contributed by atoms with Crippen LogP contribution in [-0.2, 0) is 20.5 Å². The molecule has 1 atom stereocenters. The van der Waals surface area contributed by atoms with Crippen LogP contribution in [0.2, 0.25) is 0 Å². The monoisotopic (exact) mass is 340 g/mol. The molecule has 1 aromatic rings. The number of benzene rings is 1. The maximum Gasteiger partial charge on any atom is 0.416 e. The summed E-state index contributed by atoms with van der Waals surface area (Å²) in [5.41, 5.74) is -0.360. The molecule has 1 aliphatic heterocycles. The Labute approximate surface area is 136 Å². The minimum atomic E-state index is -4.41. The van der Waals surface area contributed by atoms with Crippen molar-refractivity contribution in [3.63, 3.8) is 0 Å². The van der Waals surface area contributed by atoms with Gasteiger partial charge in [-0.3, -0.25) is 14.9 Å². The Bertz CT molecular complexity index is 692. The highest BCUT2D eigenvalue weighted by Gasteiger charge is 2.33. The van der Waals surface area contributed by atoms with Gasteiger partial charge in [-0.05, 0) is 29.7 Å². The van der Waals surface area contributed by atoms with Gasteiger partial charge in [-0.1, -0.05) is 26.0 Å².